The summed E-state index contributed by atoms with van der Waals surface area (Å²) in [6, 6.07) is 20.8. The second kappa shape index (κ2) is 11.9. The van der Waals surface area contributed by atoms with Crippen LogP contribution in [0.25, 0.3) is 11.2 Å². The first-order valence-corrected chi connectivity index (χ1v) is 14.7. The summed E-state index contributed by atoms with van der Waals surface area (Å²) in [5, 5.41) is 17.3. The van der Waals surface area contributed by atoms with Crippen LogP contribution in [-0.4, -0.2) is 76.4 Å². The number of benzene rings is 2. The predicted molar refractivity (Wildman–Crippen MR) is 163 cm³/mol. The van der Waals surface area contributed by atoms with Crippen molar-refractivity contribution >= 4 is 17.1 Å². The van der Waals surface area contributed by atoms with Gasteiger partial charge in [-0.1, -0.05) is 86.6 Å². The Labute approximate surface area is 250 Å². The van der Waals surface area contributed by atoms with E-state index in [4.69, 9.17) is 5.41 Å². The first-order valence-electron chi connectivity index (χ1n) is 14.7. The second-order valence-corrected chi connectivity index (χ2v) is 12.4. The highest BCUT2D eigenvalue weighted by atomic mass is 16.2. The van der Waals surface area contributed by atoms with Gasteiger partial charge in [-0.05, 0) is 16.5 Å². The van der Waals surface area contributed by atoms with Crippen molar-refractivity contribution in [2.24, 2.45) is 5.41 Å². The Bertz CT molecular complexity index is 1730. The molecule has 4 heterocycles. The molecule has 1 fully saturated rings. The number of carbonyl (C=O) groups excluding carboxylic acids is 1. The fraction of sp³-hybridized carbons (Fsp3) is 0.375. The third kappa shape index (κ3) is 6.26. The minimum Gasteiger partial charge on any atom is -0.340 e. The topological polar surface area (TPSA) is 125 Å². The third-order valence-corrected chi connectivity index (χ3v) is 7.95. The van der Waals surface area contributed by atoms with Crippen molar-refractivity contribution in [1.29, 1.82) is 5.41 Å². The fourth-order valence-corrected chi connectivity index (χ4v) is 5.93. The van der Waals surface area contributed by atoms with Gasteiger partial charge in [0.1, 0.15) is 11.2 Å². The first-order chi connectivity index (χ1) is 20.8. The van der Waals surface area contributed by atoms with Gasteiger partial charge in [-0.25, -0.2) is 14.6 Å². The van der Waals surface area contributed by atoms with Gasteiger partial charge in [0.25, 0.3) is 0 Å². The van der Waals surface area contributed by atoms with E-state index in [0.717, 1.165) is 24.3 Å². The molecular weight excluding hydrogens is 540 g/mol. The van der Waals surface area contributed by atoms with Crippen LogP contribution in [0.3, 0.4) is 0 Å². The SMILES string of the molecule is CC(C)(C)CC(=O)N1CCN([C@@H](c2ccccc2)[C@@H](c2ccccc2)n2cc(Cn3cnc(=N)c4[nH]cnc43)nn2)CC1. The molecule has 1 saturated heterocycles. The highest BCUT2D eigenvalue weighted by Crippen LogP contribution is 2.37. The average molecular weight is 579 g/mol. The molecule has 11 nitrogen and oxygen atoms in total. The number of carbonyl (C=O) groups is 1. The largest absolute Gasteiger partial charge is 0.340 e. The highest BCUT2D eigenvalue weighted by Gasteiger charge is 2.35. The molecule has 2 atom stereocenters. The quantitative estimate of drug-likeness (QED) is 0.289. The minimum absolute atomic E-state index is 0.0343. The summed E-state index contributed by atoms with van der Waals surface area (Å²) in [4.78, 5) is 29.1. The normalized spacial score (nSPS) is 15.9. The summed E-state index contributed by atoms with van der Waals surface area (Å²) in [7, 11) is 0. The predicted octanol–water partition coefficient (Wildman–Crippen LogP) is 3.79. The van der Waals surface area contributed by atoms with Gasteiger partial charge < -0.3 is 14.5 Å². The third-order valence-electron chi connectivity index (χ3n) is 7.95. The van der Waals surface area contributed by atoms with Gasteiger partial charge in [-0.3, -0.25) is 15.1 Å². The molecule has 11 heteroatoms. The lowest BCUT2D eigenvalue weighted by Gasteiger charge is -2.43. The number of piperazine rings is 1. The van der Waals surface area contributed by atoms with Gasteiger partial charge >= 0.3 is 0 Å². The number of amides is 1. The molecule has 6 rings (SSSR count). The van der Waals surface area contributed by atoms with Gasteiger partial charge in [0, 0.05) is 32.6 Å². The molecule has 1 aliphatic rings. The van der Waals surface area contributed by atoms with E-state index in [2.05, 4.69) is 99.5 Å². The van der Waals surface area contributed by atoms with Gasteiger partial charge in [0.15, 0.2) is 11.1 Å². The number of hydrogen-bond donors (Lipinski definition) is 2. The molecule has 222 valence electrons. The Morgan fingerprint density at radius 2 is 1.58 bits per heavy atom. The van der Waals surface area contributed by atoms with Gasteiger partial charge in [0.2, 0.25) is 5.91 Å². The molecule has 0 unspecified atom stereocenters. The maximum absolute atomic E-state index is 13.0. The van der Waals surface area contributed by atoms with E-state index in [1.54, 1.807) is 12.7 Å². The van der Waals surface area contributed by atoms with Crippen LogP contribution in [0.2, 0.25) is 0 Å². The lowest BCUT2D eigenvalue weighted by atomic mass is 9.90. The Morgan fingerprint density at radius 3 is 2.23 bits per heavy atom. The number of H-pyrrole nitrogens is 1. The summed E-state index contributed by atoms with van der Waals surface area (Å²) < 4.78 is 3.84. The van der Waals surface area contributed by atoms with Crippen LogP contribution >= 0.6 is 0 Å². The fourth-order valence-electron chi connectivity index (χ4n) is 5.93. The molecule has 0 bridgehead atoms. The zero-order chi connectivity index (χ0) is 30.0. The van der Waals surface area contributed by atoms with E-state index in [1.165, 1.54) is 5.56 Å². The summed E-state index contributed by atoms with van der Waals surface area (Å²) in [5.74, 6) is 0.223. The van der Waals surface area contributed by atoms with Crippen LogP contribution in [0.4, 0.5) is 0 Å². The van der Waals surface area contributed by atoms with Crippen molar-refractivity contribution in [2.45, 2.75) is 45.8 Å². The van der Waals surface area contributed by atoms with E-state index in [1.807, 2.05) is 32.5 Å². The standard InChI is InChI=1S/C32H38N10O/c1-32(2,3)18-26(43)39-14-16-40(17-15-39)28(23-10-6-4-7-11-23)29(24-12-8-5-9-13-24)42-20-25(37-38-42)19-41-22-36-30(33)27-31(41)35-21-34-27/h4-13,20-22,28-29,33H,14-19H2,1-3H3,(H,34,35)/t28-,29+/m0/s1. The molecule has 43 heavy (non-hydrogen) atoms. The van der Waals surface area contributed by atoms with E-state index in [0.29, 0.717) is 37.2 Å². The maximum Gasteiger partial charge on any atom is 0.223 e. The molecule has 2 N–H and O–H groups in total. The van der Waals surface area contributed by atoms with Crippen molar-refractivity contribution < 1.29 is 4.79 Å². The average Bonchev–Trinajstić information content (AvgIpc) is 3.68. The van der Waals surface area contributed by atoms with Crippen molar-refractivity contribution in [3.8, 4) is 0 Å². The summed E-state index contributed by atoms with van der Waals surface area (Å²) in [6.45, 7) is 9.66. The molecule has 5 aromatic rings. The molecule has 0 aliphatic carbocycles. The van der Waals surface area contributed by atoms with Crippen LogP contribution in [-0.2, 0) is 11.3 Å². The maximum atomic E-state index is 13.0. The van der Waals surface area contributed by atoms with Gasteiger partial charge in [0.05, 0.1) is 37.5 Å². The first kappa shape index (κ1) is 28.5. The minimum atomic E-state index is -0.161. The van der Waals surface area contributed by atoms with E-state index in [-0.39, 0.29) is 28.9 Å². The smallest absolute Gasteiger partial charge is 0.223 e. The Morgan fingerprint density at radius 1 is 0.930 bits per heavy atom. The monoisotopic (exact) mass is 578 g/mol. The zero-order valence-electron chi connectivity index (χ0n) is 24.9. The van der Waals surface area contributed by atoms with Crippen LogP contribution < -0.4 is 5.49 Å². The van der Waals surface area contributed by atoms with Gasteiger partial charge in [-0.15, -0.1) is 5.10 Å². The number of nitrogens with one attached hydrogen (secondary N) is 2. The number of fused-ring (bicyclic) bond motifs is 1. The van der Waals surface area contributed by atoms with Crippen LogP contribution in [0.5, 0.6) is 0 Å². The molecule has 0 radical (unpaired) electrons. The summed E-state index contributed by atoms with van der Waals surface area (Å²) in [5.41, 5.74) is 4.43. The van der Waals surface area contributed by atoms with Crippen molar-refractivity contribution in [3.05, 3.63) is 102 Å². The van der Waals surface area contributed by atoms with Gasteiger partial charge in [-0.2, -0.15) is 0 Å². The molecule has 0 spiro atoms. The number of hydrogen-bond acceptors (Lipinski definition) is 7. The van der Waals surface area contributed by atoms with Crippen molar-refractivity contribution in [2.75, 3.05) is 26.2 Å². The Kier molecular flexibility index (Phi) is 7.90. The summed E-state index contributed by atoms with van der Waals surface area (Å²) >= 11 is 0. The molecule has 0 saturated carbocycles. The van der Waals surface area contributed by atoms with Crippen molar-refractivity contribution in [3.63, 3.8) is 0 Å². The second-order valence-electron chi connectivity index (χ2n) is 12.4. The van der Waals surface area contributed by atoms with Crippen LogP contribution in [0.1, 0.15) is 56.1 Å². The number of aromatic nitrogens is 7. The summed E-state index contributed by atoms with van der Waals surface area (Å²) in [6.07, 6.45) is 5.74. The molecule has 1 aliphatic heterocycles. The van der Waals surface area contributed by atoms with Crippen molar-refractivity contribution in [1.82, 2.24) is 44.3 Å². The van der Waals surface area contributed by atoms with Crippen LogP contribution in [0, 0.1) is 10.8 Å². The number of imidazole rings is 1. The Hall–Kier alpha value is -4.64. The van der Waals surface area contributed by atoms with E-state index < -0.39 is 0 Å². The number of nitrogens with zero attached hydrogens (tertiary/aromatic N) is 8. The molecule has 3 aromatic heterocycles. The zero-order valence-corrected chi connectivity index (χ0v) is 24.9. The molecule has 1 amide bonds. The Balaban J connectivity index is 1.33. The lowest BCUT2D eigenvalue weighted by Crippen LogP contribution is -2.51. The van der Waals surface area contributed by atoms with E-state index >= 15 is 0 Å². The van der Waals surface area contributed by atoms with Crippen LogP contribution in [0.15, 0.2) is 79.5 Å². The van der Waals surface area contributed by atoms with E-state index in [9.17, 15) is 4.79 Å². The number of rotatable bonds is 8. The highest BCUT2D eigenvalue weighted by molar-refractivity contribution is 5.77. The lowest BCUT2D eigenvalue weighted by molar-refractivity contribution is -0.135. The number of aromatic amines is 1. The molecule has 2 aromatic carbocycles. The molecular formula is C32H38N10O.